The molecule has 0 aliphatic carbocycles. The van der Waals surface area contributed by atoms with E-state index < -0.39 is 5.97 Å². The molecular formula is C16H22O4. The number of carbonyl (C=O) groups is 1. The molecule has 0 fully saturated rings. The number of hydrogen-bond acceptors (Lipinski definition) is 3. The Balaban J connectivity index is 1.54. The van der Waals surface area contributed by atoms with Crippen molar-refractivity contribution in [2.75, 3.05) is 6.79 Å². The van der Waals surface area contributed by atoms with Gasteiger partial charge < -0.3 is 14.6 Å². The van der Waals surface area contributed by atoms with Gasteiger partial charge in [0.2, 0.25) is 6.79 Å². The second kappa shape index (κ2) is 7.78. The molecule has 20 heavy (non-hydrogen) atoms. The van der Waals surface area contributed by atoms with E-state index >= 15 is 0 Å². The fraction of sp³-hybridized carbons (Fsp3) is 0.562. The number of aliphatic carboxylic acids is 1. The van der Waals surface area contributed by atoms with Crippen molar-refractivity contribution in [1.82, 2.24) is 0 Å². The smallest absolute Gasteiger partial charge is 0.303 e. The summed E-state index contributed by atoms with van der Waals surface area (Å²) in [7, 11) is 0. The molecule has 1 aliphatic rings. The van der Waals surface area contributed by atoms with Gasteiger partial charge >= 0.3 is 5.97 Å². The van der Waals surface area contributed by atoms with E-state index in [9.17, 15) is 4.79 Å². The third-order valence-electron chi connectivity index (χ3n) is 3.54. The van der Waals surface area contributed by atoms with Gasteiger partial charge in [0.25, 0.3) is 0 Å². The molecule has 1 aliphatic heterocycles. The maximum atomic E-state index is 10.4. The highest BCUT2D eigenvalue weighted by molar-refractivity contribution is 5.66. The molecule has 0 saturated heterocycles. The Kier molecular flexibility index (Phi) is 5.71. The Hall–Kier alpha value is -1.71. The zero-order chi connectivity index (χ0) is 14.2. The average molecular weight is 278 g/mol. The maximum absolute atomic E-state index is 10.4. The number of benzene rings is 1. The predicted octanol–water partition coefficient (Wildman–Crippen LogP) is 3.77. The van der Waals surface area contributed by atoms with Crippen molar-refractivity contribution in [1.29, 1.82) is 0 Å². The lowest BCUT2D eigenvalue weighted by atomic mass is 10.0. The van der Waals surface area contributed by atoms with Gasteiger partial charge in [-0.05, 0) is 37.0 Å². The van der Waals surface area contributed by atoms with Crippen LogP contribution in [0.2, 0.25) is 0 Å². The number of fused-ring (bicyclic) bond motifs is 1. The summed E-state index contributed by atoms with van der Waals surface area (Å²) in [5.41, 5.74) is 1.29. The molecule has 1 aromatic carbocycles. The molecule has 0 spiro atoms. The lowest BCUT2D eigenvalue weighted by molar-refractivity contribution is -0.137. The van der Waals surface area contributed by atoms with E-state index in [1.54, 1.807) is 0 Å². The number of rotatable bonds is 9. The second-order valence-electron chi connectivity index (χ2n) is 5.20. The Morgan fingerprint density at radius 3 is 2.50 bits per heavy atom. The normalized spacial score (nSPS) is 12.6. The SMILES string of the molecule is O=C(O)CCCCCCCCc1ccc2c(c1)OCO2. The molecule has 4 nitrogen and oxygen atoms in total. The predicted molar refractivity (Wildman–Crippen MR) is 76.2 cm³/mol. The molecule has 4 heteroatoms. The zero-order valence-corrected chi connectivity index (χ0v) is 11.8. The lowest BCUT2D eigenvalue weighted by Gasteiger charge is -2.03. The van der Waals surface area contributed by atoms with E-state index in [-0.39, 0.29) is 0 Å². The molecule has 2 rings (SSSR count). The van der Waals surface area contributed by atoms with Crippen LogP contribution >= 0.6 is 0 Å². The van der Waals surface area contributed by atoms with Crippen LogP contribution in [0.25, 0.3) is 0 Å². The third-order valence-corrected chi connectivity index (χ3v) is 3.54. The van der Waals surface area contributed by atoms with Gasteiger partial charge in [0.15, 0.2) is 11.5 Å². The molecule has 0 aromatic heterocycles. The van der Waals surface area contributed by atoms with Crippen molar-refractivity contribution < 1.29 is 19.4 Å². The van der Waals surface area contributed by atoms with Crippen molar-refractivity contribution >= 4 is 5.97 Å². The van der Waals surface area contributed by atoms with E-state index in [0.717, 1.165) is 37.2 Å². The zero-order valence-electron chi connectivity index (χ0n) is 11.8. The summed E-state index contributed by atoms with van der Waals surface area (Å²) in [6, 6.07) is 6.14. The number of carboxylic acids is 1. The summed E-state index contributed by atoms with van der Waals surface area (Å²) in [6.07, 6.45) is 7.87. The molecule has 1 heterocycles. The van der Waals surface area contributed by atoms with Gasteiger partial charge in [-0.25, -0.2) is 0 Å². The minimum Gasteiger partial charge on any atom is -0.481 e. The fourth-order valence-corrected chi connectivity index (χ4v) is 2.41. The van der Waals surface area contributed by atoms with Gasteiger partial charge in [0.05, 0.1) is 0 Å². The molecule has 1 N–H and O–H groups in total. The Morgan fingerprint density at radius 1 is 1.00 bits per heavy atom. The highest BCUT2D eigenvalue weighted by atomic mass is 16.7. The van der Waals surface area contributed by atoms with E-state index in [0.29, 0.717) is 13.2 Å². The van der Waals surface area contributed by atoms with Crippen LogP contribution in [0.5, 0.6) is 11.5 Å². The summed E-state index contributed by atoms with van der Waals surface area (Å²) < 4.78 is 10.6. The standard InChI is InChI=1S/C16H22O4/c17-16(18)8-6-4-2-1-3-5-7-13-9-10-14-15(11-13)20-12-19-14/h9-11H,1-8,12H2,(H,17,18). The fourth-order valence-electron chi connectivity index (χ4n) is 2.41. The monoisotopic (exact) mass is 278 g/mol. The number of carboxylic acid groups (broad SMARTS) is 1. The maximum Gasteiger partial charge on any atom is 0.303 e. The van der Waals surface area contributed by atoms with Gasteiger partial charge in [-0.1, -0.05) is 31.7 Å². The number of ether oxygens (including phenoxy) is 2. The van der Waals surface area contributed by atoms with Crippen molar-refractivity contribution in [3.63, 3.8) is 0 Å². The van der Waals surface area contributed by atoms with E-state index in [2.05, 4.69) is 12.1 Å². The molecule has 0 unspecified atom stereocenters. The topological polar surface area (TPSA) is 55.8 Å². The Bertz CT molecular complexity index is 442. The minimum absolute atomic E-state index is 0.303. The first-order chi connectivity index (χ1) is 9.75. The largest absolute Gasteiger partial charge is 0.481 e. The van der Waals surface area contributed by atoms with Crippen LogP contribution in [0, 0.1) is 0 Å². The molecule has 0 saturated carbocycles. The first-order valence-electron chi connectivity index (χ1n) is 7.36. The number of unbranched alkanes of at least 4 members (excludes halogenated alkanes) is 5. The van der Waals surface area contributed by atoms with Crippen LogP contribution in [0.15, 0.2) is 18.2 Å². The highest BCUT2D eigenvalue weighted by Gasteiger charge is 2.12. The molecule has 0 amide bonds. The van der Waals surface area contributed by atoms with E-state index in [1.807, 2.05) is 6.07 Å². The minimum atomic E-state index is -0.687. The average Bonchev–Trinajstić information content (AvgIpc) is 2.89. The number of aryl methyl sites for hydroxylation is 1. The second-order valence-corrected chi connectivity index (χ2v) is 5.20. The molecule has 110 valence electrons. The van der Waals surface area contributed by atoms with Gasteiger partial charge in [-0.3, -0.25) is 4.79 Å². The van der Waals surface area contributed by atoms with Crippen molar-refractivity contribution in [3.05, 3.63) is 23.8 Å². The first kappa shape index (κ1) is 14.7. The summed E-state index contributed by atoms with van der Waals surface area (Å²) in [5, 5.41) is 8.53. The van der Waals surface area contributed by atoms with E-state index in [4.69, 9.17) is 14.6 Å². The van der Waals surface area contributed by atoms with Crippen LogP contribution < -0.4 is 9.47 Å². The van der Waals surface area contributed by atoms with E-state index in [1.165, 1.54) is 24.8 Å². The third kappa shape index (κ3) is 4.76. The van der Waals surface area contributed by atoms with Gasteiger partial charge in [-0.15, -0.1) is 0 Å². The number of hydrogen-bond donors (Lipinski definition) is 1. The van der Waals surface area contributed by atoms with Gasteiger partial charge in [0, 0.05) is 6.42 Å². The Morgan fingerprint density at radius 2 is 1.70 bits per heavy atom. The summed E-state index contributed by atoms with van der Waals surface area (Å²) >= 11 is 0. The molecule has 0 radical (unpaired) electrons. The summed E-state index contributed by atoms with van der Waals surface area (Å²) in [5.74, 6) is 1.01. The molecule has 1 aromatic rings. The van der Waals surface area contributed by atoms with Crippen LogP contribution in [-0.4, -0.2) is 17.9 Å². The molecular weight excluding hydrogens is 256 g/mol. The van der Waals surface area contributed by atoms with Crippen molar-refractivity contribution in [2.24, 2.45) is 0 Å². The van der Waals surface area contributed by atoms with Gasteiger partial charge in [-0.2, -0.15) is 0 Å². The highest BCUT2D eigenvalue weighted by Crippen LogP contribution is 2.32. The quantitative estimate of drug-likeness (QED) is 0.698. The lowest BCUT2D eigenvalue weighted by Crippen LogP contribution is -1.93. The van der Waals surface area contributed by atoms with Crippen LogP contribution in [-0.2, 0) is 11.2 Å². The Labute approximate surface area is 119 Å². The van der Waals surface area contributed by atoms with Crippen LogP contribution in [0.3, 0.4) is 0 Å². The van der Waals surface area contributed by atoms with Gasteiger partial charge in [0.1, 0.15) is 0 Å². The first-order valence-corrected chi connectivity index (χ1v) is 7.36. The summed E-state index contributed by atoms with van der Waals surface area (Å²) in [4.78, 5) is 10.4. The van der Waals surface area contributed by atoms with Crippen molar-refractivity contribution in [3.8, 4) is 11.5 Å². The molecule has 0 atom stereocenters. The van der Waals surface area contributed by atoms with Crippen LogP contribution in [0.1, 0.15) is 50.5 Å². The van der Waals surface area contributed by atoms with Crippen LogP contribution in [0.4, 0.5) is 0 Å². The van der Waals surface area contributed by atoms with Crippen molar-refractivity contribution in [2.45, 2.75) is 51.4 Å². The molecule has 0 bridgehead atoms. The summed E-state index contributed by atoms with van der Waals surface area (Å²) in [6.45, 7) is 0.329.